The maximum absolute atomic E-state index is 11.2. The number of hydrogen-bond donors (Lipinski definition) is 1. The minimum atomic E-state index is -0.145. The fourth-order valence-electron chi connectivity index (χ4n) is 1.67. The largest absolute Gasteiger partial charge is 0.322 e. The number of aromatic amines is 1. The van der Waals surface area contributed by atoms with Crippen LogP contribution in [0.1, 0.15) is 0 Å². The lowest BCUT2D eigenvalue weighted by Gasteiger charge is -2.04. The number of nitrogens with one attached hydrogen (secondary N) is 1. The van der Waals surface area contributed by atoms with E-state index in [4.69, 9.17) is 11.6 Å². The Morgan fingerprint density at radius 1 is 1.29 bits per heavy atom. The summed E-state index contributed by atoms with van der Waals surface area (Å²) in [4.78, 5) is 18.2. The number of rotatable bonds is 1. The predicted octanol–water partition coefficient (Wildman–Crippen LogP) is 1.76. The van der Waals surface area contributed by atoms with Crippen LogP contribution in [0.25, 0.3) is 16.7 Å². The van der Waals surface area contributed by atoms with E-state index in [9.17, 15) is 4.79 Å². The van der Waals surface area contributed by atoms with Gasteiger partial charge in [-0.1, -0.05) is 11.6 Å². The van der Waals surface area contributed by atoms with Gasteiger partial charge in [-0.3, -0.25) is 4.79 Å². The van der Waals surface area contributed by atoms with Crippen molar-refractivity contribution in [2.45, 2.75) is 0 Å². The Hall–Kier alpha value is -2.14. The lowest BCUT2D eigenvalue weighted by atomic mass is 10.2. The highest BCUT2D eigenvalue weighted by Crippen LogP contribution is 2.17. The first-order valence-electron chi connectivity index (χ1n) is 4.92. The van der Waals surface area contributed by atoms with Gasteiger partial charge in [-0.2, -0.15) is 5.10 Å². The van der Waals surface area contributed by atoms with Crippen LogP contribution in [0.2, 0.25) is 5.02 Å². The summed E-state index contributed by atoms with van der Waals surface area (Å²) in [5, 5.41) is 5.44. The first-order chi connectivity index (χ1) is 8.24. The summed E-state index contributed by atoms with van der Waals surface area (Å²) in [5.74, 6) is 0.630. The van der Waals surface area contributed by atoms with E-state index in [0.717, 1.165) is 5.39 Å². The molecule has 0 saturated heterocycles. The van der Waals surface area contributed by atoms with Gasteiger partial charge in [0.25, 0.3) is 0 Å². The van der Waals surface area contributed by atoms with Gasteiger partial charge in [-0.05, 0) is 12.1 Å². The third-order valence-corrected chi connectivity index (χ3v) is 2.59. The molecule has 0 unspecified atom stereocenters. The SMILES string of the molecule is O=c1ccc2c(-n3cc(Cl)cn3)nccc2[nH]1. The number of H-pyrrole nitrogens is 1. The third kappa shape index (κ3) is 1.70. The third-order valence-electron chi connectivity index (χ3n) is 2.40. The van der Waals surface area contributed by atoms with Gasteiger partial charge in [0.15, 0.2) is 5.82 Å². The van der Waals surface area contributed by atoms with Crippen LogP contribution in [0.3, 0.4) is 0 Å². The molecule has 3 aromatic heterocycles. The van der Waals surface area contributed by atoms with Crippen LogP contribution < -0.4 is 5.56 Å². The van der Waals surface area contributed by atoms with Crippen molar-refractivity contribution < 1.29 is 0 Å². The van der Waals surface area contributed by atoms with E-state index in [2.05, 4.69) is 15.1 Å². The molecule has 6 heteroatoms. The van der Waals surface area contributed by atoms with E-state index in [-0.39, 0.29) is 5.56 Å². The zero-order valence-electron chi connectivity index (χ0n) is 8.59. The number of halogens is 1. The molecule has 0 bridgehead atoms. The van der Waals surface area contributed by atoms with Crippen LogP contribution in [-0.2, 0) is 0 Å². The highest BCUT2D eigenvalue weighted by molar-refractivity contribution is 6.30. The average Bonchev–Trinajstić information content (AvgIpc) is 2.74. The van der Waals surface area contributed by atoms with E-state index in [1.807, 2.05) is 0 Å². The summed E-state index contributed by atoms with van der Waals surface area (Å²) in [6.07, 6.45) is 4.81. The second-order valence-corrected chi connectivity index (χ2v) is 3.96. The zero-order chi connectivity index (χ0) is 11.8. The Bertz CT molecular complexity index is 746. The summed E-state index contributed by atoms with van der Waals surface area (Å²) in [6, 6.07) is 4.91. The van der Waals surface area contributed by atoms with E-state index in [0.29, 0.717) is 16.4 Å². The van der Waals surface area contributed by atoms with Crippen LogP contribution in [0.4, 0.5) is 0 Å². The van der Waals surface area contributed by atoms with Gasteiger partial charge >= 0.3 is 0 Å². The first-order valence-corrected chi connectivity index (χ1v) is 5.30. The van der Waals surface area contributed by atoms with Crippen molar-refractivity contribution >= 4 is 22.5 Å². The standard InChI is InChI=1S/C11H7ClN4O/c12-7-5-14-16(6-7)11-8-1-2-10(17)15-9(8)3-4-13-11/h1-6H,(H,15,17). The second-order valence-electron chi connectivity index (χ2n) is 3.52. The second kappa shape index (κ2) is 3.71. The van der Waals surface area contributed by atoms with Gasteiger partial charge in [0, 0.05) is 17.6 Å². The summed E-state index contributed by atoms with van der Waals surface area (Å²) >= 11 is 5.82. The van der Waals surface area contributed by atoms with Gasteiger partial charge in [0.05, 0.1) is 22.9 Å². The molecule has 0 atom stereocenters. The Kier molecular flexibility index (Phi) is 2.19. The molecule has 84 valence electrons. The zero-order valence-corrected chi connectivity index (χ0v) is 9.35. The minimum absolute atomic E-state index is 0.145. The van der Waals surface area contributed by atoms with Gasteiger partial charge in [-0.15, -0.1) is 0 Å². The number of hydrogen-bond acceptors (Lipinski definition) is 3. The molecule has 0 aliphatic carbocycles. The van der Waals surface area contributed by atoms with Crippen LogP contribution in [-0.4, -0.2) is 19.7 Å². The van der Waals surface area contributed by atoms with E-state index in [1.54, 1.807) is 29.2 Å². The van der Waals surface area contributed by atoms with Crippen LogP contribution >= 0.6 is 11.6 Å². The van der Waals surface area contributed by atoms with Crippen LogP contribution in [0, 0.1) is 0 Å². The maximum Gasteiger partial charge on any atom is 0.248 e. The molecule has 17 heavy (non-hydrogen) atoms. The Morgan fingerprint density at radius 3 is 2.94 bits per heavy atom. The van der Waals surface area contributed by atoms with Gasteiger partial charge < -0.3 is 4.98 Å². The first kappa shape index (κ1) is 10.0. The maximum atomic E-state index is 11.2. The molecule has 3 aromatic rings. The summed E-state index contributed by atoms with van der Waals surface area (Å²) in [5.41, 5.74) is 0.572. The highest BCUT2D eigenvalue weighted by atomic mass is 35.5. The van der Waals surface area contributed by atoms with Crippen molar-refractivity contribution in [2.24, 2.45) is 0 Å². The van der Waals surface area contributed by atoms with E-state index >= 15 is 0 Å². The molecule has 0 fully saturated rings. The van der Waals surface area contributed by atoms with Crippen molar-refractivity contribution in [2.75, 3.05) is 0 Å². The molecule has 1 N–H and O–H groups in total. The molecule has 0 radical (unpaired) electrons. The molecule has 0 aromatic carbocycles. The van der Waals surface area contributed by atoms with E-state index < -0.39 is 0 Å². The predicted molar refractivity (Wildman–Crippen MR) is 64.5 cm³/mol. The fraction of sp³-hybridized carbons (Fsp3) is 0. The van der Waals surface area contributed by atoms with Crippen molar-refractivity contribution in [1.29, 1.82) is 0 Å². The molecule has 5 nitrogen and oxygen atoms in total. The number of nitrogens with zero attached hydrogens (tertiary/aromatic N) is 3. The average molecular weight is 247 g/mol. The molecule has 0 spiro atoms. The van der Waals surface area contributed by atoms with Crippen molar-refractivity contribution in [3.05, 3.63) is 52.2 Å². The normalized spacial score (nSPS) is 10.9. The highest BCUT2D eigenvalue weighted by Gasteiger charge is 2.06. The summed E-state index contributed by atoms with van der Waals surface area (Å²) < 4.78 is 1.57. The topological polar surface area (TPSA) is 63.6 Å². The Morgan fingerprint density at radius 2 is 2.18 bits per heavy atom. The number of pyridine rings is 2. The smallest absolute Gasteiger partial charge is 0.248 e. The minimum Gasteiger partial charge on any atom is -0.322 e. The number of fused-ring (bicyclic) bond motifs is 1. The molecule has 3 heterocycles. The number of aromatic nitrogens is 4. The lowest BCUT2D eigenvalue weighted by Crippen LogP contribution is -2.05. The van der Waals surface area contributed by atoms with Gasteiger partial charge in [0.1, 0.15) is 0 Å². The molecule has 0 aliphatic rings. The quantitative estimate of drug-likeness (QED) is 0.712. The van der Waals surface area contributed by atoms with E-state index in [1.165, 1.54) is 12.3 Å². The Labute approximate surface area is 101 Å². The fourth-order valence-corrected chi connectivity index (χ4v) is 1.80. The summed E-state index contributed by atoms with van der Waals surface area (Å²) in [7, 11) is 0. The summed E-state index contributed by atoms with van der Waals surface area (Å²) in [6.45, 7) is 0. The van der Waals surface area contributed by atoms with Crippen molar-refractivity contribution in [3.63, 3.8) is 0 Å². The van der Waals surface area contributed by atoms with Crippen LogP contribution in [0.15, 0.2) is 41.6 Å². The van der Waals surface area contributed by atoms with Crippen LogP contribution in [0.5, 0.6) is 0 Å². The monoisotopic (exact) mass is 246 g/mol. The molecule has 0 aliphatic heterocycles. The molecule has 3 rings (SSSR count). The Balaban J connectivity index is 2.33. The molecular weight excluding hydrogens is 240 g/mol. The van der Waals surface area contributed by atoms with Gasteiger partial charge in [-0.25, -0.2) is 9.67 Å². The molecule has 0 saturated carbocycles. The van der Waals surface area contributed by atoms with Crippen molar-refractivity contribution in [1.82, 2.24) is 19.7 Å². The molecular formula is C11H7ClN4O. The lowest BCUT2D eigenvalue weighted by molar-refractivity contribution is 0.855. The van der Waals surface area contributed by atoms with Crippen molar-refractivity contribution in [3.8, 4) is 5.82 Å². The van der Waals surface area contributed by atoms with Gasteiger partial charge in [0.2, 0.25) is 5.56 Å². The molecule has 0 amide bonds.